The van der Waals surface area contributed by atoms with Crippen molar-refractivity contribution < 1.29 is 27.7 Å². The Hall–Kier alpha value is -1.72. The summed E-state index contributed by atoms with van der Waals surface area (Å²) in [6, 6.07) is 2.33. The van der Waals surface area contributed by atoms with Gasteiger partial charge < -0.3 is 27.7 Å². The Kier molecular flexibility index (Phi) is 24.9. The molecule has 1 aromatic rings. The van der Waals surface area contributed by atoms with Crippen LogP contribution >= 0.6 is 8.53 Å². The minimum absolute atomic E-state index is 0.00860. The number of rotatable bonds is 31. The summed E-state index contributed by atoms with van der Waals surface area (Å²) in [5.74, 6) is 0. The summed E-state index contributed by atoms with van der Waals surface area (Å²) >= 11 is 0. The van der Waals surface area contributed by atoms with Gasteiger partial charge in [0.15, 0.2) is 6.23 Å². The van der Waals surface area contributed by atoms with E-state index >= 15 is 0 Å². The normalized spacial score (nSPS) is 19.6. The number of hydrogen-bond donors (Lipinski definition) is 1. The van der Waals surface area contributed by atoms with Crippen LogP contribution in [0.4, 0.5) is 0 Å². The third-order valence-corrected chi connectivity index (χ3v) is 20.4. The third-order valence-electron chi connectivity index (χ3n) is 12.2. The second-order valence-corrected chi connectivity index (χ2v) is 25.1. The molecule has 0 aliphatic carbocycles. The van der Waals surface area contributed by atoms with Gasteiger partial charge in [0, 0.05) is 18.3 Å². The van der Waals surface area contributed by atoms with E-state index in [2.05, 4.69) is 106 Å². The number of aromatic amines is 1. The van der Waals surface area contributed by atoms with Crippen molar-refractivity contribution in [3.63, 3.8) is 0 Å². The largest absolute Gasteiger partial charge is 0.394 e. The molecule has 5 unspecified atom stereocenters. The molecule has 2 heterocycles. The van der Waals surface area contributed by atoms with Crippen LogP contribution in [0, 0.1) is 16.7 Å². The van der Waals surface area contributed by atoms with E-state index in [-0.39, 0.29) is 37.3 Å². The van der Waals surface area contributed by atoms with E-state index < -0.39 is 52.6 Å². The maximum absolute atomic E-state index is 13.8. The molecule has 1 N–H and O–H groups in total. The van der Waals surface area contributed by atoms with Gasteiger partial charge in [-0.2, -0.15) is 5.26 Å². The zero-order valence-corrected chi connectivity index (χ0v) is 42.0. The lowest BCUT2D eigenvalue weighted by atomic mass is 9.75. The summed E-state index contributed by atoms with van der Waals surface area (Å²) in [7, 11) is -4.01. The summed E-state index contributed by atoms with van der Waals surface area (Å²) in [6.45, 7) is 31.7. The minimum Gasteiger partial charge on any atom is -0.394 e. The molecule has 0 saturated carbocycles. The minimum atomic E-state index is -2.33. The number of unbranched alkanes of at least 4 members (excludes halogenated alkanes) is 3. The maximum atomic E-state index is 13.8. The molecule has 0 aromatic carbocycles. The Morgan fingerprint density at radius 1 is 0.917 bits per heavy atom. The zero-order chi connectivity index (χ0) is 45.0. The fourth-order valence-electron chi connectivity index (χ4n) is 9.25. The van der Waals surface area contributed by atoms with Gasteiger partial charge in [0.2, 0.25) is 8.32 Å². The molecule has 60 heavy (non-hydrogen) atoms. The lowest BCUT2D eigenvalue weighted by Crippen LogP contribution is -2.49. The van der Waals surface area contributed by atoms with Crippen molar-refractivity contribution >= 4 is 22.9 Å². The highest BCUT2D eigenvalue weighted by Crippen LogP contribution is 2.51. The second-order valence-electron chi connectivity index (χ2n) is 18.3. The van der Waals surface area contributed by atoms with E-state index in [4.69, 9.17) is 27.7 Å². The van der Waals surface area contributed by atoms with Crippen LogP contribution < -0.4 is 11.2 Å². The van der Waals surface area contributed by atoms with E-state index in [0.29, 0.717) is 41.8 Å². The lowest BCUT2D eigenvalue weighted by Gasteiger charge is -2.42. The van der Waals surface area contributed by atoms with Crippen LogP contribution in [0.5, 0.6) is 0 Å². The molecule has 346 valence electrons. The highest BCUT2D eigenvalue weighted by atomic mass is 31.2. The van der Waals surface area contributed by atoms with Crippen molar-refractivity contribution in [3.8, 4) is 6.07 Å². The van der Waals surface area contributed by atoms with Gasteiger partial charge in [-0.25, -0.2) is 9.46 Å². The second kappa shape index (κ2) is 27.5. The molecule has 1 aliphatic rings. The number of nitrogens with zero attached hydrogens (tertiary/aromatic N) is 3. The molecular formula is C46H85N4O8PSi. The third kappa shape index (κ3) is 15.2. The van der Waals surface area contributed by atoms with Gasteiger partial charge in [-0.05, 0) is 81.5 Å². The van der Waals surface area contributed by atoms with Crippen molar-refractivity contribution in [2.75, 3.05) is 26.6 Å². The fourth-order valence-corrected chi connectivity index (χ4v) is 16.3. The van der Waals surface area contributed by atoms with Crippen molar-refractivity contribution in [1.82, 2.24) is 14.2 Å². The molecule has 1 fully saturated rings. The average molecular weight is 881 g/mol. The maximum Gasteiger partial charge on any atom is 0.330 e. The molecule has 1 aliphatic heterocycles. The molecule has 0 radical (unpaired) electrons. The molecular weight excluding hydrogens is 796 g/mol. The van der Waals surface area contributed by atoms with Crippen molar-refractivity contribution in [3.05, 3.63) is 38.7 Å². The summed E-state index contributed by atoms with van der Waals surface area (Å²) < 4.78 is 43.6. The van der Waals surface area contributed by atoms with Crippen LogP contribution in [0.2, 0.25) is 16.6 Å². The molecule has 0 spiro atoms. The molecule has 1 aromatic heterocycles. The van der Waals surface area contributed by atoms with Crippen LogP contribution in [0.25, 0.3) is 6.08 Å². The topological polar surface area (TPSA) is 137 Å². The summed E-state index contributed by atoms with van der Waals surface area (Å²) in [6.07, 6.45) is 13.6. The van der Waals surface area contributed by atoms with Gasteiger partial charge in [-0.3, -0.25) is 14.3 Å². The predicted octanol–water partition coefficient (Wildman–Crippen LogP) is 11.6. The number of nitrogens with one attached hydrogen (secondary N) is 1. The van der Waals surface area contributed by atoms with Crippen LogP contribution in [0.1, 0.15) is 179 Å². The van der Waals surface area contributed by atoms with Crippen LogP contribution in [-0.4, -0.2) is 79.5 Å². The van der Waals surface area contributed by atoms with Gasteiger partial charge in [0.25, 0.3) is 14.1 Å². The number of ether oxygens (including phenoxy) is 3. The van der Waals surface area contributed by atoms with Gasteiger partial charge in [-0.1, -0.05) is 114 Å². The summed E-state index contributed by atoms with van der Waals surface area (Å²) in [5, 5.41) is 9.35. The van der Waals surface area contributed by atoms with E-state index in [0.717, 1.165) is 38.5 Å². The lowest BCUT2D eigenvalue weighted by molar-refractivity contribution is -0.112. The molecule has 2 rings (SSSR count). The van der Waals surface area contributed by atoms with Crippen LogP contribution in [0.15, 0.2) is 21.9 Å². The van der Waals surface area contributed by atoms with Gasteiger partial charge in [0.1, 0.15) is 19.0 Å². The average Bonchev–Trinajstić information content (AvgIpc) is 3.52. The number of aromatic nitrogens is 2. The molecule has 0 amide bonds. The molecule has 0 bridgehead atoms. The SMILES string of the molecule is CCCCC(CCCC)(CCCC)COC/C=C/c1cn(C2OC(CC)C(OP(OCCC#N)N(C(C)C)C(C)C)C2OCO[Si](C(C)C)(C(C)C)C(C)C)c(=O)[nH]c1=O. The number of nitriles is 1. The summed E-state index contributed by atoms with van der Waals surface area (Å²) in [5.41, 5.74) is 0.374. The quantitative estimate of drug-likeness (QED) is 0.0332. The first-order chi connectivity index (χ1) is 28.5. The molecule has 1 saturated heterocycles. The van der Waals surface area contributed by atoms with E-state index in [1.807, 2.05) is 13.0 Å². The number of H-pyrrole nitrogens is 1. The first-order valence-electron chi connectivity index (χ1n) is 23.3. The van der Waals surface area contributed by atoms with Crippen molar-refractivity contribution in [1.29, 1.82) is 5.26 Å². The molecule has 14 heteroatoms. The summed E-state index contributed by atoms with van der Waals surface area (Å²) in [4.78, 5) is 29.6. The highest BCUT2D eigenvalue weighted by molar-refractivity contribution is 7.44. The monoisotopic (exact) mass is 881 g/mol. The number of hydrogen-bond acceptors (Lipinski definition) is 10. The smallest absolute Gasteiger partial charge is 0.330 e. The van der Waals surface area contributed by atoms with Crippen molar-refractivity contribution in [2.45, 2.75) is 221 Å². The Bertz CT molecular complexity index is 1490. The first kappa shape index (κ1) is 54.4. The first-order valence-corrected chi connectivity index (χ1v) is 26.5. The molecule has 5 atom stereocenters. The molecule has 12 nitrogen and oxygen atoms in total. The van der Waals surface area contributed by atoms with E-state index in [1.54, 1.807) is 12.3 Å². The van der Waals surface area contributed by atoms with Gasteiger partial charge >= 0.3 is 5.69 Å². The van der Waals surface area contributed by atoms with Crippen LogP contribution in [0.3, 0.4) is 0 Å². The van der Waals surface area contributed by atoms with E-state index in [9.17, 15) is 14.9 Å². The Morgan fingerprint density at radius 3 is 1.97 bits per heavy atom. The van der Waals surface area contributed by atoms with Gasteiger partial charge in [-0.15, -0.1) is 0 Å². The van der Waals surface area contributed by atoms with Gasteiger partial charge in [0.05, 0.1) is 44.0 Å². The van der Waals surface area contributed by atoms with Crippen molar-refractivity contribution in [2.24, 2.45) is 5.41 Å². The highest BCUT2D eigenvalue weighted by Gasteiger charge is 2.51. The fraction of sp³-hybridized carbons (Fsp3) is 0.848. The Morgan fingerprint density at radius 2 is 1.48 bits per heavy atom. The zero-order valence-electron chi connectivity index (χ0n) is 40.1. The van der Waals surface area contributed by atoms with Crippen LogP contribution in [-0.2, 0) is 27.7 Å². The Labute approximate surface area is 366 Å². The Balaban J connectivity index is 2.58. The predicted molar refractivity (Wildman–Crippen MR) is 248 cm³/mol. The standard InChI is InChI=1S/C46H85N4O8PSi/c1-15-19-25-46(26-20-16-2,27-21-17-3)32-53-29-22-24-39-31-49(45(52)48-43(39)51)44-42(54-33-56-60(36(9)10,37(11)12)38(13)14)41(40(18-4)57-44)58-59(55-30-23-28-47)50(34(5)6)35(7)8/h22,24,31,34-38,40-42,44H,15-21,23,25-27,29-30,32-33H2,1-14H3,(H,48,51,52)/b24-22+. The van der Waals surface area contributed by atoms with E-state index in [1.165, 1.54) is 23.8 Å².